The number of phenolic OH excluding ortho intramolecular Hbond substituents is 1. The van der Waals surface area contributed by atoms with Crippen LogP contribution in [0.15, 0.2) is 59.9 Å². The summed E-state index contributed by atoms with van der Waals surface area (Å²) in [6.07, 6.45) is 0.650. The third-order valence-corrected chi connectivity index (χ3v) is 5.22. The highest BCUT2D eigenvalue weighted by molar-refractivity contribution is 6.09. The maximum absolute atomic E-state index is 13.1. The van der Waals surface area contributed by atoms with E-state index < -0.39 is 17.7 Å². The molecule has 0 aliphatic carbocycles. The summed E-state index contributed by atoms with van der Waals surface area (Å²) in [4.78, 5) is 27.4. The molecule has 1 aliphatic rings. The Morgan fingerprint density at radius 2 is 1.87 bits per heavy atom. The van der Waals surface area contributed by atoms with Gasteiger partial charge in [-0.3, -0.25) is 9.59 Å². The zero-order valence-corrected chi connectivity index (χ0v) is 17.7. The van der Waals surface area contributed by atoms with Gasteiger partial charge in [-0.25, -0.2) is 0 Å². The quantitative estimate of drug-likeness (QED) is 0.606. The minimum Gasteiger partial charge on any atom is -0.504 e. The lowest BCUT2D eigenvalue weighted by Gasteiger charge is -2.27. The highest BCUT2D eigenvalue weighted by Crippen LogP contribution is 2.40. The smallest absolute Gasteiger partial charge is 0.290 e. The van der Waals surface area contributed by atoms with Crippen molar-refractivity contribution in [2.45, 2.75) is 25.8 Å². The molecule has 1 aliphatic heterocycles. The number of benzene rings is 2. The second-order valence-electron chi connectivity index (χ2n) is 7.23. The molecular weight excluding hydrogens is 398 g/mol. The standard InChI is InChI=1S/C24H27NO6/c1-3-31-20-15-17(10-12-18(20)26)22-21(23(28)24(29)25(22)13-14-30-2)19(27)11-9-16-7-5-4-6-8-16/h4-8,10,12,15,22,26,28H,3,9,11,13-14H2,1-2H3. The number of aryl methyl sites for hydroxylation is 1. The zero-order valence-electron chi connectivity index (χ0n) is 17.7. The van der Waals surface area contributed by atoms with E-state index >= 15 is 0 Å². The summed E-state index contributed by atoms with van der Waals surface area (Å²) in [7, 11) is 1.52. The van der Waals surface area contributed by atoms with E-state index in [2.05, 4.69) is 0 Å². The van der Waals surface area contributed by atoms with E-state index in [1.807, 2.05) is 30.3 Å². The molecule has 1 atom stereocenters. The molecule has 1 amide bonds. The fourth-order valence-corrected chi connectivity index (χ4v) is 3.71. The molecule has 1 heterocycles. The predicted octanol–water partition coefficient (Wildman–Crippen LogP) is 3.33. The number of ether oxygens (including phenoxy) is 2. The van der Waals surface area contributed by atoms with Gasteiger partial charge in [0.15, 0.2) is 23.0 Å². The zero-order chi connectivity index (χ0) is 22.4. The van der Waals surface area contributed by atoms with Gasteiger partial charge in [-0.1, -0.05) is 36.4 Å². The average molecular weight is 425 g/mol. The molecule has 2 N–H and O–H groups in total. The highest BCUT2D eigenvalue weighted by Gasteiger charge is 2.43. The number of methoxy groups -OCH3 is 1. The van der Waals surface area contributed by atoms with E-state index in [4.69, 9.17) is 9.47 Å². The molecule has 7 heteroatoms. The Balaban J connectivity index is 1.95. The number of ketones is 1. The van der Waals surface area contributed by atoms with Crippen LogP contribution in [0.25, 0.3) is 0 Å². The second-order valence-corrected chi connectivity index (χ2v) is 7.23. The van der Waals surface area contributed by atoms with Crippen LogP contribution in [0.2, 0.25) is 0 Å². The van der Waals surface area contributed by atoms with Crippen molar-refractivity contribution in [2.75, 3.05) is 26.9 Å². The van der Waals surface area contributed by atoms with Crippen LogP contribution in [-0.4, -0.2) is 53.7 Å². The predicted molar refractivity (Wildman–Crippen MR) is 115 cm³/mol. The Morgan fingerprint density at radius 3 is 2.55 bits per heavy atom. The van der Waals surface area contributed by atoms with E-state index in [1.165, 1.54) is 18.1 Å². The highest BCUT2D eigenvalue weighted by atomic mass is 16.5. The number of aliphatic hydroxyl groups excluding tert-OH is 1. The Bertz CT molecular complexity index is 969. The van der Waals surface area contributed by atoms with Gasteiger partial charge in [0, 0.05) is 20.1 Å². The summed E-state index contributed by atoms with van der Waals surface area (Å²) in [6.45, 7) is 2.58. The number of hydrogen-bond acceptors (Lipinski definition) is 6. The lowest BCUT2D eigenvalue weighted by molar-refractivity contribution is -0.130. The lowest BCUT2D eigenvalue weighted by atomic mass is 9.93. The first-order valence-electron chi connectivity index (χ1n) is 10.2. The molecular formula is C24H27NO6. The average Bonchev–Trinajstić information content (AvgIpc) is 3.03. The molecule has 0 fully saturated rings. The third kappa shape index (κ3) is 4.88. The molecule has 7 nitrogen and oxygen atoms in total. The molecule has 0 spiro atoms. The van der Waals surface area contributed by atoms with Crippen molar-refractivity contribution < 1.29 is 29.3 Å². The van der Waals surface area contributed by atoms with Crippen LogP contribution in [0.3, 0.4) is 0 Å². The minimum atomic E-state index is -0.786. The van der Waals surface area contributed by atoms with Gasteiger partial charge in [-0.05, 0) is 36.6 Å². The summed E-state index contributed by atoms with van der Waals surface area (Å²) < 4.78 is 10.6. The first kappa shape index (κ1) is 22.4. The summed E-state index contributed by atoms with van der Waals surface area (Å²) >= 11 is 0. The summed E-state index contributed by atoms with van der Waals surface area (Å²) in [5, 5.41) is 20.7. The molecule has 0 saturated heterocycles. The molecule has 1 unspecified atom stereocenters. The topological polar surface area (TPSA) is 96.3 Å². The van der Waals surface area contributed by atoms with E-state index in [0.29, 0.717) is 18.6 Å². The summed E-state index contributed by atoms with van der Waals surface area (Å²) in [6, 6.07) is 13.5. The van der Waals surface area contributed by atoms with Crippen LogP contribution < -0.4 is 4.74 Å². The maximum atomic E-state index is 13.1. The Labute approximate surface area is 181 Å². The molecule has 2 aromatic rings. The molecule has 3 rings (SSSR count). The van der Waals surface area contributed by atoms with Crippen molar-refractivity contribution in [2.24, 2.45) is 0 Å². The van der Waals surface area contributed by atoms with Crippen LogP contribution >= 0.6 is 0 Å². The molecule has 0 radical (unpaired) electrons. The Morgan fingerprint density at radius 1 is 1.13 bits per heavy atom. The van der Waals surface area contributed by atoms with Gasteiger partial charge in [0.2, 0.25) is 0 Å². The number of amides is 1. The van der Waals surface area contributed by atoms with Crippen molar-refractivity contribution in [1.29, 1.82) is 0 Å². The van der Waals surface area contributed by atoms with Gasteiger partial charge in [0.25, 0.3) is 5.91 Å². The van der Waals surface area contributed by atoms with E-state index in [9.17, 15) is 19.8 Å². The number of rotatable bonds is 10. The Kier molecular flexibility index (Phi) is 7.31. The number of carbonyl (C=O) groups excluding carboxylic acids is 2. The van der Waals surface area contributed by atoms with Crippen LogP contribution in [0.4, 0.5) is 0 Å². The molecule has 0 aromatic heterocycles. The number of Topliss-reactive ketones (excluding diaryl/α,β-unsaturated/α-hetero) is 1. The van der Waals surface area contributed by atoms with Crippen LogP contribution in [0, 0.1) is 0 Å². The lowest BCUT2D eigenvalue weighted by Crippen LogP contribution is -2.34. The number of phenols is 1. The Hall–Kier alpha value is -3.32. The largest absolute Gasteiger partial charge is 0.504 e. The maximum Gasteiger partial charge on any atom is 0.290 e. The van der Waals surface area contributed by atoms with E-state index in [-0.39, 0.29) is 42.4 Å². The first-order chi connectivity index (χ1) is 15.0. The van der Waals surface area contributed by atoms with E-state index in [1.54, 1.807) is 19.1 Å². The number of hydrogen-bond donors (Lipinski definition) is 2. The van der Waals surface area contributed by atoms with Gasteiger partial charge < -0.3 is 24.6 Å². The van der Waals surface area contributed by atoms with Crippen molar-refractivity contribution in [3.8, 4) is 11.5 Å². The van der Waals surface area contributed by atoms with Gasteiger partial charge in [-0.2, -0.15) is 0 Å². The van der Waals surface area contributed by atoms with Crippen LogP contribution in [0.1, 0.15) is 30.5 Å². The number of carbonyl (C=O) groups is 2. The van der Waals surface area contributed by atoms with Gasteiger partial charge in [0.1, 0.15) is 0 Å². The van der Waals surface area contributed by atoms with Crippen LogP contribution in [-0.2, 0) is 20.7 Å². The molecule has 31 heavy (non-hydrogen) atoms. The van der Waals surface area contributed by atoms with Crippen molar-refractivity contribution in [3.05, 3.63) is 71.0 Å². The van der Waals surface area contributed by atoms with Gasteiger partial charge in [0.05, 0.1) is 24.8 Å². The molecule has 0 bridgehead atoms. The van der Waals surface area contributed by atoms with Crippen molar-refractivity contribution in [3.63, 3.8) is 0 Å². The fraction of sp³-hybridized carbons (Fsp3) is 0.333. The molecule has 0 saturated carbocycles. The van der Waals surface area contributed by atoms with Crippen molar-refractivity contribution in [1.82, 2.24) is 4.90 Å². The molecule has 164 valence electrons. The SMILES string of the molecule is CCOc1cc(C2C(C(=O)CCc3ccccc3)=C(O)C(=O)N2CCOC)ccc1O. The normalized spacial score (nSPS) is 16.1. The summed E-state index contributed by atoms with van der Waals surface area (Å²) in [5.41, 5.74) is 1.62. The fourth-order valence-electron chi connectivity index (χ4n) is 3.71. The monoisotopic (exact) mass is 425 g/mol. The molecule has 2 aromatic carbocycles. The van der Waals surface area contributed by atoms with Gasteiger partial charge in [-0.15, -0.1) is 0 Å². The van der Waals surface area contributed by atoms with E-state index in [0.717, 1.165) is 5.56 Å². The van der Waals surface area contributed by atoms with Gasteiger partial charge >= 0.3 is 0 Å². The van der Waals surface area contributed by atoms with Crippen LogP contribution in [0.5, 0.6) is 11.5 Å². The third-order valence-electron chi connectivity index (χ3n) is 5.22. The first-order valence-corrected chi connectivity index (χ1v) is 10.2. The number of aromatic hydroxyl groups is 1. The number of nitrogens with zero attached hydrogens (tertiary/aromatic N) is 1. The van der Waals surface area contributed by atoms with Crippen molar-refractivity contribution >= 4 is 11.7 Å². The summed E-state index contributed by atoms with van der Waals surface area (Å²) in [5.74, 6) is -1.24. The number of aliphatic hydroxyl groups is 1. The minimum absolute atomic E-state index is 0.0384. The second kappa shape index (κ2) is 10.1.